The van der Waals surface area contributed by atoms with Crippen LogP contribution in [0.5, 0.6) is 0 Å². The molecule has 1 heterocycles. The number of hydrogen-bond donors (Lipinski definition) is 2. The first kappa shape index (κ1) is 10.9. The van der Waals surface area contributed by atoms with Crippen molar-refractivity contribution in [2.45, 2.75) is 6.61 Å². The topological polar surface area (TPSA) is 48.9 Å². The van der Waals surface area contributed by atoms with Crippen LogP contribution in [0.1, 0.15) is 5.69 Å². The minimum Gasteiger partial charge on any atom is -0.390 e. The zero-order valence-corrected chi connectivity index (χ0v) is 10.6. The summed E-state index contributed by atoms with van der Waals surface area (Å²) < 4.78 is 1.03. The second-order valence-corrected chi connectivity index (χ2v) is 4.64. The molecule has 0 bridgehead atoms. The fourth-order valence-corrected chi connectivity index (χ4v) is 2.38. The van der Waals surface area contributed by atoms with Crippen LogP contribution in [-0.2, 0) is 6.61 Å². The van der Waals surface area contributed by atoms with Crippen molar-refractivity contribution in [2.24, 2.45) is 0 Å². The van der Waals surface area contributed by atoms with Crippen LogP contribution in [0.3, 0.4) is 0 Å². The third-order valence-electron chi connectivity index (χ3n) is 1.99. The lowest BCUT2D eigenvalue weighted by atomic mass is 10.2. The number of aliphatic hydroxyl groups excluding tert-OH is 1. The van der Waals surface area contributed by atoms with E-state index in [1.54, 1.807) is 6.20 Å². The Kier molecular flexibility index (Phi) is 3.28. The molecule has 0 radical (unpaired) electrons. The first-order chi connectivity index (χ1) is 7.20. The van der Waals surface area contributed by atoms with Crippen LogP contribution < -0.4 is 0 Å². The molecule has 1 aromatic carbocycles. The molecule has 78 valence electrons. The van der Waals surface area contributed by atoms with Gasteiger partial charge < -0.3 is 10.1 Å². The molecule has 15 heavy (non-hydrogen) atoms. The number of hydrogen-bond acceptors (Lipinski definition) is 2. The Morgan fingerprint density at radius 1 is 1.47 bits per heavy atom. The van der Waals surface area contributed by atoms with Gasteiger partial charge in [-0.1, -0.05) is 11.6 Å². The highest BCUT2D eigenvalue weighted by Crippen LogP contribution is 2.25. The van der Waals surface area contributed by atoms with Crippen LogP contribution >= 0.6 is 34.2 Å². The number of aromatic nitrogens is 2. The van der Waals surface area contributed by atoms with Gasteiger partial charge in [0.05, 0.1) is 18.5 Å². The van der Waals surface area contributed by atoms with Crippen molar-refractivity contribution in [2.75, 3.05) is 0 Å². The van der Waals surface area contributed by atoms with E-state index < -0.39 is 0 Å². The molecule has 5 heteroatoms. The summed E-state index contributed by atoms with van der Waals surface area (Å²) in [6.45, 7) is -0.0306. The van der Waals surface area contributed by atoms with Gasteiger partial charge in [0, 0.05) is 14.2 Å². The first-order valence-electron chi connectivity index (χ1n) is 4.31. The van der Waals surface area contributed by atoms with E-state index in [0.717, 1.165) is 15.0 Å². The SMILES string of the molecule is OCc1cnc(-c2ccc(Cl)cc2I)[nH]1. The number of aromatic amines is 1. The smallest absolute Gasteiger partial charge is 0.138 e. The number of H-pyrrole nitrogens is 1. The van der Waals surface area contributed by atoms with E-state index in [-0.39, 0.29) is 6.61 Å². The van der Waals surface area contributed by atoms with Crippen LogP contribution in [0.25, 0.3) is 11.4 Å². The Balaban J connectivity index is 2.44. The van der Waals surface area contributed by atoms with Crippen LogP contribution in [-0.4, -0.2) is 15.1 Å². The van der Waals surface area contributed by atoms with Crippen molar-refractivity contribution >= 4 is 34.2 Å². The summed E-state index contributed by atoms with van der Waals surface area (Å²) in [5.41, 5.74) is 1.69. The minimum absolute atomic E-state index is 0.0306. The second kappa shape index (κ2) is 4.51. The van der Waals surface area contributed by atoms with Crippen molar-refractivity contribution < 1.29 is 5.11 Å². The maximum Gasteiger partial charge on any atom is 0.138 e. The fourth-order valence-electron chi connectivity index (χ4n) is 1.26. The van der Waals surface area contributed by atoms with Gasteiger partial charge in [-0.25, -0.2) is 4.98 Å². The molecule has 0 saturated heterocycles. The summed E-state index contributed by atoms with van der Waals surface area (Å²) in [7, 11) is 0. The van der Waals surface area contributed by atoms with Gasteiger partial charge in [-0.2, -0.15) is 0 Å². The minimum atomic E-state index is -0.0306. The van der Waals surface area contributed by atoms with Crippen molar-refractivity contribution in [3.05, 3.63) is 38.7 Å². The van der Waals surface area contributed by atoms with E-state index in [2.05, 4.69) is 32.6 Å². The predicted molar refractivity (Wildman–Crippen MR) is 67.7 cm³/mol. The molecule has 1 aromatic heterocycles. The average Bonchev–Trinajstić information content (AvgIpc) is 2.66. The Bertz CT molecular complexity index is 484. The lowest BCUT2D eigenvalue weighted by molar-refractivity contribution is 0.277. The van der Waals surface area contributed by atoms with Gasteiger partial charge in [0.1, 0.15) is 5.82 Å². The molecule has 2 rings (SSSR count). The quantitative estimate of drug-likeness (QED) is 0.830. The van der Waals surface area contributed by atoms with Gasteiger partial charge in [0.25, 0.3) is 0 Å². The summed E-state index contributed by atoms with van der Waals surface area (Å²) in [5, 5.41) is 9.62. The molecule has 0 aliphatic carbocycles. The molecule has 0 spiro atoms. The second-order valence-electron chi connectivity index (χ2n) is 3.04. The highest BCUT2D eigenvalue weighted by molar-refractivity contribution is 14.1. The van der Waals surface area contributed by atoms with E-state index in [4.69, 9.17) is 16.7 Å². The number of nitrogens with one attached hydrogen (secondary N) is 1. The molecule has 0 aliphatic heterocycles. The van der Waals surface area contributed by atoms with Gasteiger partial charge in [-0.15, -0.1) is 0 Å². The molecule has 0 fully saturated rings. The summed E-state index contributed by atoms with van der Waals surface area (Å²) in [6, 6.07) is 5.60. The highest BCUT2D eigenvalue weighted by atomic mass is 127. The van der Waals surface area contributed by atoms with Gasteiger partial charge in [0.15, 0.2) is 0 Å². The Labute approximate surface area is 106 Å². The van der Waals surface area contributed by atoms with Crippen LogP contribution in [0, 0.1) is 3.57 Å². The zero-order valence-electron chi connectivity index (χ0n) is 7.67. The van der Waals surface area contributed by atoms with E-state index >= 15 is 0 Å². The van der Waals surface area contributed by atoms with E-state index in [1.165, 1.54) is 0 Å². The predicted octanol–water partition coefficient (Wildman–Crippen LogP) is 2.83. The third kappa shape index (κ3) is 2.32. The van der Waals surface area contributed by atoms with E-state index in [0.29, 0.717) is 10.7 Å². The highest BCUT2D eigenvalue weighted by Gasteiger charge is 2.07. The van der Waals surface area contributed by atoms with Crippen LogP contribution in [0.2, 0.25) is 5.02 Å². The Morgan fingerprint density at radius 2 is 2.27 bits per heavy atom. The maximum atomic E-state index is 8.92. The summed E-state index contributed by atoms with van der Waals surface area (Å²) >= 11 is 8.07. The first-order valence-corrected chi connectivity index (χ1v) is 5.76. The maximum absolute atomic E-state index is 8.92. The fraction of sp³-hybridized carbons (Fsp3) is 0.100. The van der Waals surface area contributed by atoms with Crippen molar-refractivity contribution in [3.8, 4) is 11.4 Å². The van der Waals surface area contributed by atoms with Gasteiger partial charge in [-0.3, -0.25) is 0 Å². The van der Waals surface area contributed by atoms with Crippen molar-refractivity contribution in [1.82, 2.24) is 9.97 Å². The molecule has 0 aliphatic rings. The number of rotatable bonds is 2. The molecule has 0 unspecified atom stereocenters. The Hall–Kier alpha value is -0.590. The summed E-state index contributed by atoms with van der Waals surface area (Å²) in [6.07, 6.45) is 1.63. The standard InChI is InChI=1S/C10H8ClIN2O/c11-6-1-2-8(9(12)3-6)10-13-4-7(5-15)14-10/h1-4,15H,5H2,(H,13,14). The molecule has 0 saturated carbocycles. The molecule has 3 nitrogen and oxygen atoms in total. The molecular weight excluding hydrogens is 326 g/mol. The molecule has 2 aromatic rings. The van der Waals surface area contributed by atoms with Gasteiger partial charge >= 0.3 is 0 Å². The lowest BCUT2D eigenvalue weighted by Crippen LogP contribution is -1.86. The number of aliphatic hydroxyl groups is 1. The monoisotopic (exact) mass is 334 g/mol. The zero-order chi connectivity index (χ0) is 10.8. The number of benzene rings is 1. The van der Waals surface area contributed by atoms with Gasteiger partial charge in [0.2, 0.25) is 0 Å². The van der Waals surface area contributed by atoms with Crippen LogP contribution in [0.4, 0.5) is 0 Å². The summed E-state index contributed by atoms with van der Waals surface area (Å²) in [5.74, 6) is 0.750. The lowest BCUT2D eigenvalue weighted by Gasteiger charge is -2.01. The Morgan fingerprint density at radius 3 is 2.87 bits per heavy atom. The van der Waals surface area contributed by atoms with Crippen LogP contribution in [0.15, 0.2) is 24.4 Å². The molecule has 2 N–H and O–H groups in total. The molecule has 0 amide bonds. The number of nitrogens with zero attached hydrogens (tertiary/aromatic N) is 1. The van der Waals surface area contributed by atoms with Gasteiger partial charge in [-0.05, 0) is 40.8 Å². The van der Waals surface area contributed by atoms with E-state index in [1.807, 2.05) is 18.2 Å². The largest absolute Gasteiger partial charge is 0.390 e. The van der Waals surface area contributed by atoms with Crippen molar-refractivity contribution in [1.29, 1.82) is 0 Å². The van der Waals surface area contributed by atoms with Crippen molar-refractivity contribution in [3.63, 3.8) is 0 Å². The molecular formula is C10H8ClIN2O. The number of imidazole rings is 1. The summed E-state index contributed by atoms with van der Waals surface area (Å²) in [4.78, 5) is 7.21. The van der Waals surface area contributed by atoms with E-state index in [9.17, 15) is 0 Å². The number of halogens is 2. The normalized spacial score (nSPS) is 10.6. The molecule has 0 atom stereocenters. The third-order valence-corrected chi connectivity index (χ3v) is 3.11. The average molecular weight is 335 g/mol.